The molecule has 0 aliphatic carbocycles. The lowest BCUT2D eigenvalue weighted by Crippen LogP contribution is -1.92. The third kappa shape index (κ3) is 8.33. The molecule has 0 fully saturated rings. The smallest absolute Gasteiger partial charge is 0.0279 e. The highest BCUT2D eigenvalue weighted by Crippen LogP contribution is 2.14. The SMILES string of the molecule is CC.CCC(C)CCCCCc1ccc(C)cc1. The summed E-state index contributed by atoms with van der Waals surface area (Å²) < 4.78 is 0. The van der Waals surface area contributed by atoms with Crippen molar-refractivity contribution in [2.24, 2.45) is 5.92 Å². The quantitative estimate of drug-likeness (QED) is 0.506. The molecule has 1 aromatic carbocycles. The Hall–Kier alpha value is -0.780. The molecule has 0 heteroatoms. The van der Waals surface area contributed by atoms with Gasteiger partial charge >= 0.3 is 0 Å². The van der Waals surface area contributed by atoms with Gasteiger partial charge in [-0.05, 0) is 31.2 Å². The van der Waals surface area contributed by atoms with E-state index in [2.05, 4.69) is 45.0 Å². The van der Waals surface area contributed by atoms with Crippen molar-refractivity contribution in [3.05, 3.63) is 35.4 Å². The van der Waals surface area contributed by atoms with Crippen LogP contribution in [-0.4, -0.2) is 0 Å². The topological polar surface area (TPSA) is 0 Å². The molecule has 18 heavy (non-hydrogen) atoms. The molecule has 0 aliphatic rings. The summed E-state index contributed by atoms with van der Waals surface area (Å²) in [6, 6.07) is 8.97. The van der Waals surface area contributed by atoms with Gasteiger partial charge in [0.05, 0.1) is 0 Å². The van der Waals surface area contributed by atoms with Gasteiger partial charge in [-0.3, -0.25) is 0 Å². The predicted octanol–water partition coefficient (Wildman–Crippen LogP) is 6.17. The van der Waals surface area contributed by atoms with Crippen molar-refractivity contribution in [2.45, 2.75) is 73.1 Å². The second-order valence-corrected chi connectivity index (χ2v) is 5.10. The van der Waals surface area contributed by atoms with Crippen molar-refractivity contribution < 1.29 is 0 Å². The molecule has 0 aromatic heterocycles. The van der Waals surface area contributed by atoms with Crippen LogP contribution in [0, 0.1) is 12.8 Å². The van der Waals surface area contributed by atoms with Crippen LogP contribution in [0.2, 0.25) is 0 Å². The fourth-order valence-electron chi connectivity index (χ4n) is 1.96. The van der Waals surface area contributed by atoms with Gasteiger partial charge in [0, 0.05) is 0 Å². The summed E-state index contributed by atoms with van der Waals surface area (Å²) in [6.45, 7) is 10.8. The number of hydrogen-bond acceptors (Lipinski definition) is 0. The monoisotopic (exact) mass is 248 g/mol. The highest BCUT2D eigenvalue weighted by Gasteiger charge is 1.98. The van der Waals surface area contributed by atoms with E-state index >= 15 is 0 Å². The Balaban J connectivity index is 0.00000137. The van der Waals surface area contributed by atoms with Gasteiger partial charge in [-0.1, -0.05) is 83.2 Å². The fraction of sp³-hybridized carbons (Fsp3) is 0.667. The second-order valence-electron chi connectivity index (χ2n) is 5.10. The Morgan fingerprint density at radius 1 is 0.944 bits per heavy atom. The van der Waals surface area contributed by atoms with Gasteiger partial charge in [-0.25, -0.2) is 0 Å². The number of aryl methyl sites for hydroxylation is 2. The molecule has 0 radical (unpaired) electrons. The van der Waals surface area contributed by atoms with Crippen LogP contribution in [0.4, 0.5) is 0 Å². The van der Waals surface area contributed by atoms with Crippen LogP contribution >= 0.6 is 0 Å². The van der Waals surface area contributed by atoms with Gasteiger partial charge in [-0.2, -0.15) is 0 Å². The lowest BCUT2D eigenvalue weighted by molar-refractivity contribution is 0.478. The van der Waals surface area contributed by atoms with E-state index in [1.54, 1.807) is 0 Å². The molecule has 1 rings (SSSR count). The first-order chi connectivity index (χ1) is 8.72. The maximum absolute atomic E-state index is 2.36. The summed E-state index contributed by atoms with van der Waals surface area (Å²) in [5.41, 5.74) is 2.86. The van der Waals surface area contributed by atoms with E-state index in [9.17, 15) is 0 Å². The Morgan fingerprint density at radius 2 is 1.56 bits per heavy atom. The largest absolute Gasteiger partial charge is 0.0683 e. The number of rotatable bonds is 7. The van der Waals surface area contributed by atoms with Crippen LogP contribution in [-0.2, 0) is 6.42 Å². The van der Waals surface area contributed by atoms with E-state index < -0.39 is 0 Å². The van der Waals surface area contributed by atoms with Crippen LogP contribution in [0.15, 0.2) is 24.3 Å². The van der Waals surface area contributed by atoms with Gasteiger partial charge in [0.1, 0.15) is 0 Å². The van der Waals surface area contributed by atoms with Crippen molar-refractivity contribution in [3.63, 3.8) is 0 Å². The Labute approximate surface area is 115 Å². The van der Waals surface area contributed by atoms with Crippen LogP contribution in [0.5, 0.6) is 0 Å². The maximum Gasteiger partial charge on any atom is -0.0279 e. The number of unbranched alkanes of at least 4 members (excludes halogenated alkanes) is 2. The number of hydrogen-bond donors (Lipinski definition) is 0. The first kappa shape index (κ1) is 17.2. The zero-order valence-corrected chi connectivity index (χ0v) is 13.1. The molecule has 0 amide bonds. The molecule has 104 valence electrons. The molecule has 1 aromatic rings. The zero-order chi connectivity index (χ0) is 13.8. The van der Waals surface area contributed by atoms with E-state index in [0.717, 1.165) is 5.92 Å². The van der Waals surface area contributed by atoms with Crippen LogP contribution in [0.25, 0.3) is 0 Å². The molecule has 0 saturated heterocycles. The second kappa shape index (κ2) is 11.3. The number of benzene rings is 1. The highest BCUT2D eigenvalue weighted by molar-refractivity contribution is 5.21. The van der Waals surface area contributed by atoms with Crippen LogP contribution in [0.1, 0.15) is 70.9 Å². The highest BCUT2D eigenvalue weighted by atomic mass is 14.0. The molecule has 0 N–H and O–H groups in total. The van der Waals surface area contributed by atoms with Crippen LogP contribution in [0.3, 0.4) is 0 Å². The van der Waals surface area contributed by atoms with Crippen molar-refractivity contribution in [2.75, 3.05) is 0 Å². The molecular weight excluding hydrogens is 216 g/mol. The van der Waals surface area contributed by atoms with Crippen molar-refractivity contribution in [1.82, 2.24) is 0 Å². The zero-order valence-electron chi connectivity index (χ0n) is 13.1. The summed E-state index contributed by atoms with van der Waals surface area (Å²) in [5, 5.41) is 0. The molecule has 0 saturated carbocycles. The van der Waals surface area contributed by atoms with Crippen LogP contribution < -0.4 is 0 Å². The lowest BCUT2D eigenvalue weighted by atomic mass is 9.99. The molecule has 0 aliphatic heterocycles. The molecular formula is C18H32. The molecule has 0 spiro atoms. The molecule has 0 bridgehead atoms. The van der Waals surface area contributed by atoms with Crippen molar-refractivity contribution >= 4 is 0 Å². The molecule has 0 heterocycles. The Kier molecular flexibility index (Phi) is 10.8. The minimum atomic E-state index is 0.916. The standard InChI is InChI=1S/C16H26.C2H6/c1-4-14(2)8-6-5-7-9-16-12-10-15(3)11-13-16;1-2/h10-14H,4-9H2,1-3H3;1-2H3. The maximum atomic E-state index is 2.36. The predicted molar refractivity (Wildman–Crippen MR) is 84.2 cm³/mol. The minimum Gasteiger partial charge on any atom is -0.0683 e. The third-order valence-electron chi connectivity index (χ3n) is 3.48. The fourth-order valence-corrected chi connectivity index (χ4v) is 1.96. The average molecular weight is 248 g/mol. The van der Waals surface area contributed by atoms with E-state index in [0.29, 0.717) is 0 Å². The summed E-state index contributed by atoms with van der Waals surface area (Å²) >= 11 is 0. The summed E-state index contributed by atoms with van der Waals surface area (Å²) in [4.78, 5) is 0. The van der Waals surface area contributed by atoms with E-state index in [4.69, 9.17) is 0 Å². The molecule has 1 unspecified atom stereocenters. The Bertz CT molecular complexity index is 271. The van der Waals surface area contributed by atoms with Gasteiger partial charge in [0.2, 0.25) is 0 Å². The first-order valence-electron chi connectivity index (χ1n) is 7.78. The van der Waals surface area contributed by atoms with E-state index in [-0.39, 0.29) is 0 Å². The third-order valence-corrected chi connectivity index (χ3v) is 3.48. The molecule has 1 atom stereocenters. The van der Waals surface area contributed by atoms with Gasteiger partial charge in [0.25, 0.3) is 0 Å². The van der Waals surface area contributed by atoms with E-state index in [1.165, 1.54) is 49.7 Å². The van der Waals surface area contributed by atoms with E-state index in [1.807, 2.05) is 13.8 Å². The first-order valence-corrected chi connectivity index (χ1v) is 7.78. The average Bonchev–Trinajstić information content (AvgIpc) is 2.42. The summed E-state index contributed by atoms with van der Waals surface area (Å²) in [5.74, 6) is 0.916. The summed E-state index contributed by atoms with van der Waals surface area (Å²) in [6.07, 6.45) is 8.13. The Morgan fingerprint density at radius 3 is 2.11 bits per heavy atom. The van der Waals surface area contributed by atoms with Gasteiger partial charge < -0.3 is 0 Å². The molecule has 0 nitrogen and oxygen atoms in total. The van der Waals surface area contributed by atoms with Gasteiger partial charge in [-0.15, -0.1) is 0 Å². The van der Waals surface area contributed by atoms with Crippen molar-refractivity contribution in [1.29, 1.82) is 0 Å². The lowest BCUT2D eigenvalue weighted by Gasteiger charge is -2.07. The minimum absolute atomic E-state index is 0.916. The normalized spacial score (nSPS) is 11.6. The van der Waals surface area contributed by atoms with Gasteiger partial charge in [0.15, 0.2) is 0 Å². The summed E-state index contributed by atoms with van der Waals surface area (Å²) in [7, 11) is 0. The van der Waals surface area contributed by atoms with Crippen molar-refractivity contribution in [3.8, 4) is 0 Å².